The minimum absolute atomic E-state index is 0.443. The molecule has 150 valence electrons. The number of carbonyl (C=O) groups is 1. The van der Waals surface area contributed by atoms with Gasteiger partial charge >= 0.3 is 6.09 Å². The van der Waals surface area contributed by atoms with Crippen LogP contribution in [0.4, 0.5) is 4.79 Å². The third-order valence-electron chi connectivity index (χ3n) is 3.91. The first kappa shape index (κ1) is 21.1. The Kier molecular flexibility index (Phi) is 8.65. The smallest absolute Gasteiger partial charge is 0.427 e. The lowest BCUT2D eigenvalue weighted by Gasteiger charge is -2.13. The zero-order chi connectivity index (χ0) is 20.2. The van der Waals surface area contributed by atoms with E-state index >= 15 is 0 Å². The highest BCUT2D eigenvalue weighted by atomic mass is 16.5. The lowest BCUT2D eigenvalue weighted by molar-refractivity contribution is 0.171. The Morgan fingerprint density at radius 1 is 1.07 bits per heavy atom. The number of hydrazone groups is 1. The van der Waals surface area contributed by atoms with E-state index in [0.717, 1.165) is 12.2 Å². The first-order valence-corrected chi connectivity index (χ1v) is 9.06. The number of amides is 1. The van der Waals surface area contributed by atoms with Crippen molar-refractivity contribution in [2.45, 2.75) is 19.8 Å². The average Bonchev–Trinajstić information content (AvgIpc) is 2.74. The second kappa shape index (κ2) is 11.5. The van der Waals surface area contributed by atoms with Gasteiger partial charge < -0.3 is 18.9 Å². The van der Waals surface area contributed by atoms with Gasteiger partial charge in [-0.3, -0.25) is 0 Å². The van der Waals surface area contributed by atoms with Crippen LogP contribution in [0.1, 0.15) is 24.5 Å². The molecule has 2 rings (SSSR count). The van der Waals surface area contributed by atoms with Crippen molar-refractivity contribution in [1.82, 2.24) is 5.43 Å². The van der Waals surface area contributed by atoms with Gasteiger partial charge in [0.25, 0.3) is 0 Å². The Balaban J connectivity index is 1.88. The van der Waals surface area contributed by atoms with Gasteiger partial charge in [-0.05, 0) is 36.2 Å². The Labute approximate surface area is 165 Å². The molecule has 0 heterocycles. The molecule has 0 saturated carbocycles. The Bertz CT molecular complexity index is 775. The van der Waals surface area contributed by atoms with E-state index < -0.39 is 6.09 Å². The van der Waals surface area contributed by atoms with Gasteiger partial charge in [0.05, 0.1) is 33.6 Å². The van der Waals surface area contributed by atoms with Crippen LogP contribution in [-0.4, -0.2) is 39.7 Å². The van der Waals surface area contributed by atoms with Crippen LogP contribution in [0.25, 0.3) is 0 Å². The maximum absolute atomic E-state index is 11.1. The number of hydrogen-bond donors (Lipinski definition) is 1. The summed E-state index contributed by atoms with van der Waals surface area (Å²) in [4.78, 5) is 11.1. The van der Waals surface area contributed by atoms with Gasteiger partial charge in [0.15, 0.2) is 11.5 Å². The first-order valence-electron chi connectivity index (χ1n) is 9.06. The fourth-order valence-electron chi connectivity index (χ4n) is 2.39. The first-order chi connectivity index (χ1) is 13.7. The maximum Gasteiger partial charge on any atom is 0.427 e. The molecular weight excluding hydrogens is 360 g/mol. The van der Waals surface area contributed by atoms with Crippen LogP contribution in [0.5, 0.6) is 17.2 Å². The molecule has 0 unspecified atom stereocenters. The number of carbonyl (C=O) groups excluding carboxylic acids is 1. The van der Waals surface area contributed by atoms with E-state index in [1.165, 1.54) is 18.9 Å². The van der Waals surface area contributed by atoms with Gasteiger partial charge in [0.1, 0.15) is 5.75 Å². The van der Waals surface area contributed by atoms with Crippen LogP contribution >= 0.6 is 0 Å². The van der Waals surface area contributed by atoms with Crippen LogP contribution in [0.2, 0.25) is 0 Å². The van der Waals surface area contributed by atoms with Gasteiger partial charge in [-0.25, -0.2) is 10.2 Å². The van der Waals surface area contributed by atoms with Crippen LogP contribution in [0.15, 0.2) is 47.6 Å². The molecule has 0 aromatic heterocycles. The number of nitrogens with one attached hydrogen (secondary N) is 1. The number of rotatable bonds is 10. The molecule has 0 aliphatic carbocycles. The quantitative estimate of drug-likeness (QED) is 0.382. The largest absolute Gasteiger partial charge is 0.493 e. The number of para-hydroxylation sites is 1. The Hall–Kier alpha value is -3.22. The summed E-state index contributed by atoms with van der Waals surface area (Å²) in [5.41, 5.74) is 4.19. The van der Waals surface area contributed by atoms with Crippen molar-refractivity contribution in [2.75, 3.05) is 27.4 Å². The molecule has 0 fully saturated rings. The standard InChI is InChI=1S/C21H26N2O5/c1-4-16-9-11-18(12-10-16)27-13-6-14-28-20-17(7-5-8-19(20)25-2)15-22-23-21(24)26-3/h5,7-12,15H,4,6,13-14H2,1-3H3,(H,23,24)/b22-15-. The lowest BCUT2D eigenvalue weighted by atomic mass is 10.2. The molecule has 0 saturated heterocycles. The molecule has 0 atom stereocenters. The van der Waals surface area contributed by atoms with Crippen molar-refractivity contribution in [3.8, 4) is 17.2 Å². The molecule has 1 N–H and O–H groups in total. The summed E-state index contributed by atoms with van der Waals surface area (Å²) >= 11 is 0. The highest BCUT2D eigenvalue weighted by Gasteiger charge is 2.09. The minimum Gasteiger partial charge on any atom is -0.493 e. The second-order valence-electron chi connectivity index (χ2n) is 5.79. The van der Waals surface area contributed by atoms with Crippen LogP contribution in [-0.2, 0) is 11.2 Å². The van der Waals surface area contributed by atoms with Crippen molar-refractivity contribution in [3.63, 3.8) is 0 Å². The monoisotopic (exact) mass is 386 g/mol. The highest BCUT2D eigenvalue weighted by Crippen LogP contribution is 2.30. The second-order valence-corrected chi connectivity index (χ2v) is 5.79. The Morgan fingerprint density at radius 2 is 1.82 bits per heavy atom. The van der Waals surface area contributed by atoms with E-state index in [0.29, 0.717) is 36.7 Å². The number of hydrogen-bond acceptors (Lipinski definition) is 6. The Morgan fingerprint density at radius 3 is 2.50 bits per heavy atom. The van der Waals surface area contributed by atoms with Gasteiger partial charge in [0, 0.05) is 12.0 Å². The summed E-state index contributed by atoms with van der Waals surface area (Å²) in [6.45, 7) is 3.10. The summed E-state index contributed by atoms with van der Waals surface area (Å²) in [5.74, 6) is 1.97. The zero-order valence-electron chi connectivity index (χ0n) is 16.4. The SMILES string of the molecule is CCc1ccc(OCCCOc2c(/C=N\NC(=O)OC)cccc2OC)cc1. The zero-order valence-corrected chi connectivity index (χ0v) is 16.4. The van der Waals surface area contributed by atoms with E-state index in [9.17, 15) is 4.79 Å². The third-order valence-corrected chi connectivity index (χ3v) is 3.91. The van der Waals surface area contributed by atoms with Crippen molar-refractivity contribution in [2.24, 2.45) is 5.10 Å². The van der Waals surface area contributed by atoms with E-state index in [2.05, 4.69) is 34.3 Å². The van der Waals surface area contributed by atoms with Gasteiger partial charge in [-0.15, -0.1) is 0 Å². The highest BCUT2D eigenvalue weighted by molar-refractivity contribution is 5.85. The van der Waals surface area contributed by atoms with Gasteiger partial charge in [-0.1, -0.05) is 25.1 Å². The van der Waals surface area contributed by atoms with E-state index in [4.69, 9.17) is 14.2 Å². The lowest BCUT2D eigenvalue weighted by Crippen LogP contribution is -2.16. The maximum atomic E-state index is 11.1. The molecule has 7 heteroatoms. The molecule has 2 aromatic carbocycles. The fraction of sp³-hybridized carbons (Fsp3) is 0.333. The predicted molar refractivity (Wildman–Crippen MR) is 108 cm³/mol. The van der Waals surface area contributed by atoms with E-state index in [1.54, 1.807) is 13.2 Å². The summed E-state index contributed by atoms with van der Waals surface area (Å²) < 4.78 is 21.4. The summed E-state index contributed by atoms with van der Waals surface area (Å²) in [6.07, 6.45) is 2.53. The predicted octanol–water partition coefficient (Wildman–Crippen LogP) is 3.80. The molecule has 2 aromatic rings. The molecule has 0 bridgehead atoms. The van der Waals surface area contributed by atoms with Gasteiger partial charge in [0.2, 0.25) is 0 Å². The molecule has 7 nitrogen and oxygen atoms in total. The molecule has 0 spiro atoms. The summed E-state index contributed by atoms with van der Waals surface area (Å²) in [7, 11) is 2.84. The normalized spacial score (nSPS) is 10.5. The van der Waals surface area contributed by atoms with Crippen molar-refractivity contribution in [3.05, 3.63) is 53.6 Å². The summed E-state index contributed by atoms with van der Waals surface area (Å²) in [6, 6.07) is 13.5. The molecule has 0 radical (unpaired) electrons. The number of aryl methyl sites for hydroxylation is 1. The van der Waals surface area contributed by atoms with Crippen LogP contribution in [0.3, 0.4) is 0 Å². The number of benzene rings is 2. The molecule has 0 aliphatic rings. The molecule has 0 aliphatic heterocycles. The molecule has 28 heavy (non-hydrogen) atoms. The third kappa shape index (κ3) is 6.50. The van der Waals surface area contributed by atoms with Gasteiger partial charge in [-0.2, -0.15) is 5.10 Å². The van der Waals surface area contributed by atoms with Crippen molar-refractivity contribution in [1.29, 1.82) is 0 Å². The van der Waals surface area contributed by atoms with Crippen LogP contribution < -0.4 is 19.6 Å². The van der Waals surface area contributed by atoms with Crippen LogP contribution in [0, 0.1) is 0 Å². The van der Waals surface area contributed by atoms with E-state index in [1.807, 2.05) is 24.3 Å². The minimum atomic E-state index is -0.647. The number of methoxy groups -OCH3 is 2. The number of nitrogens with zero attached hydrogens (tertiary/aromatic N) is 1. The number of ether oxygens (including phenoxy) is 4. The van der Waals surface area contributed by atoms with Crippen molar-refractivity contribution >= 4 is 12.3 Å². The topological polar surface area (TPSA) is 78.4 Å². The average molecular weight is 386 g/mol. The molecular formula is C21H26N2O5. The molecule has 1 amide bonds. The van der Waals surface area contributed by atoms with E-state index in [-0.39, 0.29) is 0 Å². The fourth-order valence-corrected chi connectivity index (χ4v) is 2.39. The van der Waals surface area contributed by atoms with Crippen molar-refractivity contribution < 1.29 is 23.7 Å². The summed E-state index contributed by atoms with van der Waals surface area (Å²) in [5, 5.41) is 3.84.